The van der Waals surface area contributed by atoms with E-state index < -0.39 is 13.1 Å². The molecule has 1 aromatic carbocycles. The zero-order chi connectivity index (χ0) is 13.3. The number of benzene rings is 1. The Bertz CT molecular complexity index is 508. The van der Waals surface area contributed by atoms with Crippen LogP contribution in [-0.2, 0) is 6.42 Å². The molecule has 5 nitrogen and oxygen atoms in total. The predicted molar refractivity (Wildman–Crippen MR) is 70.9 cm³/mol. The molecule has 0 saturated heterocycles. The fourth-order valence-electron chi connectivity index (χ4n) is 1.98. The molecular weight excluding hydrogens is 253 g/mol. The van der Waals surface area contributed by atoms with Crippen LogP contribution in [0.25, 0.3) is 0 Å². The molecule has 3 N–H and O–H groups in total. The Morgan fingerprint density at radius 3 is 2.94 bits per heavy atom. The smallest absolute Gasteiger partial charge is 0.534 e. The van der Waals surface area contributed by atoms with Gasteiger partial charge in [0.25, 0.3) is 0 Å². The third-order valence-electron chi connectivity index (χ3n) is 2.74. The van der Waals surface area contributed by atoms with Crippen molar-refractivity contribution in [2.24, 2.45) is 0 Å². The first-order chi connectivity index (χ1) is 8.49. The van der Waals surface area contributed by atoms with Crippen LogP contribution >= 0.6 is 12.2 Å². The van der Waals surface area contributed by atoms with Gasteiger partial charge in [-0.1, -0.05) is 24.4 Å². The molecule has 0 saturated carbocycles. The summed E-state index contributed by atoms with van der Waals surface area (Å²) < 4.78 is 5.29. The summed E-state index contributed by atoms with van der Waals surface area (Å²) in [5, 5.41) is 21.8. The highest BCUT2D eigenvalue weighted by Crippen LogP contribution is 2.29. The van der Waals surface area contributed by atoms with Gasteiger partial charge >= 0.3 is 13.1 Å². The number of carboxylic acid groups (broad SMARTS) is 1. The normalized spacial score (nSPS) is 17.7. The average Bonchev–Trinajstić information content (AvgIpc) is 2.28. The first-order valence-corrected chi connectivity index (χ1v) is 5.87. The maximum Gasteiger partial charge on any atom is 0.546 e. The molecular formula is C11H12BNO4S. The summed E-state index contributed by atoms with van der Waals surface area (Å²) in [5.41, 5.74) is 0.804. The molecule has 1 unspecified atom stereocenters. The third-order valence-corrected chi connectivity index (χ3v) is 2.86. The van der Waals surface area contributed by atoms with E-state index in [4.69, 9.17) is 22.0 Å². The second-order valence-corrected chi connectivity index (χ2v) is 4.73. The van der Waals surface area contributed by atoms with E-state index in [9.17, 15) is 9.82 Å². The van der Waals surface area contributed by atoms with Crippen molar-refractivity contribution in [3.05, 3.63) is 29.3 Å². The quantitative estimate of drug-likeness (QED) is 0.538. The van der Waals surface area contributed by atoms with Gasteiger partial charge < -0.3 is 20.1 Å². The maximum atomic E-state index is 11.0. The lowest BCUT2D eigenvalue weighted by atomic mass is 9.72. The van der Waals surface area contributed by atoms with Crippen LogP contribution in [-0.4, -0.2) is 34.1 Å². The van der Waals surface area contributed by atoms with Gasteiger partial charge in [0.1, 0.15) is 5.75 Å². The van der Waals surface area contributed by atoms with E-state index in [1.165, 1.54) is 6.07 Å². The molecule has 0 amide bonds. The van der Waals surface area contributed by atoms with E-state index >= 15 is 0 Å². The Morgan fingerprint density at radius 2 is 2.33 bits per heavy atom. The van der Waals surface area contributed by atoms with Crippen LogP contribution in [0.3, 0.4) is 0 Å². The van der Waals surface area contributed by atoms with Crippen LogP contribution in [0, 0.1) is 0 Å². The lowest BCUT2D eigenvalue weighted by Crippen LogP contribution is -2.52. The lowest BCUT2D eigenvalue weighted by molar-refractivity contribution is 0.0694. The number of thiocarbonyl (C=S) groups is 1. The highest BCUT2D eigenvalue weighted by molar-refractivity contribution is 7.80. The van der Waals surface area contributed by atoms with Gasteiger partial charge in [-0.25, -0.2) is 4.79 Å². The number of para-hydroxylation sites is 1. The highest BCUT2D eigenvalue weighted by atomic mass is 32.1. The standard InChI is InChI=1S/C11H12BNO4S/c1-6(18)13-9-5-7-3-2-4-8(11(14)15)10(7)17-12(9)16/h2-4,9,16H,5H2,1H3,(H,13,18)(H,14,15). The monoisotopic (exact) mass is 265 g/mol. The predicted octanol–water partition coefficient (Wildman–Crippen LogP) is 0.645. The molecule has 0 radical (unpaired) electrons. The number of nitrogens with one attached hydrogen (secondary N) is 1. The molecule has 1 aromatic rings. The summed E-state index contributed by atoms with van der Waals surface area (Å²) in [6.07, 6.45) is 0.464. The Morgan fingerprint density at radius 1 is 1.61 bits per heavy atom. The van der Waals surface area contributed by atoms with Gasteiger partial charge in [0.2, 0.25) is 0 Å². The van der Waals surface area contributed by atoms with Gasteiger partial charge in [-0.2, -0.15) is 0 Å². The zero-order valence-electron chi connectivity index (χ0n) is 9.71. The molecule has 0 aromatic heterocycles. The van der Waals surface area contributed by atoms with E-state index in [1.807, 2.05) is 0 Å². The third kappa shape index (κ3) is 2.47. The maximum absolute atomic E-state index is 11.0. The van der Waals surface area contributed by atoms with Crippen LogP contribution < -0.4 is 9.97 Å². The fraction of sp³-hybridized carbons (Fsp3) is 0.273. The number of hydrogen-bond donors (Lipinski definition) is 3. The van der Waals surface area contributed by atoms with E-state index in [0.717, 1.165) is 5.56 Å². The SMILES string of the molecule is CC(=S)NC1Cc2cccc(C(=O)O)c2OB1O. The first kappa shape index (κ1) is 12.9. The minimum atomic E-state index is -1.11. The summed E-state index contributed by atoms with van der Waals surface area (Å²) in [5.74, 6) is -1.20. The Balaban J connectivity index is 2.33. The molecule has 0 aliphatic carbocycles. The summed E-state index contributed by atoms with van der Waals surface area (Å²) in [6.45, 7) is 1.71. The number of hydrogen-bond acceptors (Lipinski definition) is 4. The number of carboxylic acids is 1. The topological polar surface area (TPSA) is 78.8 Å². The Labute approximate surface area is 110 Å². The number of aromatic carboxylic acids is 1. The summed E-state index contributed by atoms with van der Waals surface area (Å²) in [6, 6.07) is 4.89. The van der Waals surface area contributed by atoms with E-state index in [0.29, 0.717) is 11.4 Å². The molecule has 0 fully saturated rings. The largest absolute Gasteiger partial charge is 0.546 e. The molecule has 1 heterocycles. The van der Waals surface area contributed by atoms with Gasteiger partial charge in [-0.15, -0.1) is 0 Å². The van der Waals surface area contributed by atoms with Crippen molar-refractivity contribution in [3.8, 4) is 5.75 Å². The van der Waals surface area contributed by atoms with Crippen LogP contribution in [0.2, 0.25) is 0 Å². The molecule has 1 aliphatic rings. The van der Waals surface area contributed by atoms with Crippen LogP contribution in [0.1, 0.15) is 22.8 Å². The Kier molecular flexibility index (Phi) is 3.54. The van der Waals surface area contributed by atoms with E-state index in [-0.39, 0.29) is 17.3 Å². The van der Waals surface area contributed by atoms with Gasteiger partial charge in [-0.3, -0.25) is 0 Å². The van der Waals surface area contributed by atoms with Crippen molar-refractivity contribution in [3.63, 3.8) is 0 Å². The molecule has 0 bridgehead atoms. The van der Waals surface area contributed by atoms with Crippen LogP contribution in [0.15, 0.2) is 18.2 Å². The van der Waals surface area contributed by atoms with Crippen molar-refractivity contribution in [1.29, 1.82) is 0 Å². The van der Waals surface area contributed by atoms with E-state index in [1.54, 1.807) is 19.1 Å². The van der Waals surface area contributed by atoms with Crippen molar-refractivity contribution in [2.45, 2.75) is 19.3 Å². The number of carbonyl (C=O) groups is 1. The van der Waals surface area contributed by atoms with Crippen molar-refractivity contribution < 1.29 is 19.6 Å². The molecule has 7 heteroatoms. The second-order valence-electron chi connectivity index (χ2n) is 4.12. The molecule has 1 atom stereocenters. The molecule has 1 aliphatic heterocycles. The van der Waals surface area contributed by atoms with Crippen molar-refractivity contribution in [2.75, 3.05) is 0 Å². The van der Waals surface area contributed by atoms with Gasteiger partial charge in [-0.05, 0) is 25.0 Å². The number of fused-ring (bicyclic) bond motifs is 1. The van der Waals surface area contributed by atoms with Crippen LogP contribution in [0.5, 0.6) is 5.75 Å². The second kappa shape index (κ2) is 4.95. The first-order valence-electron chi connectivity index (χ1n) is 5.46. The van der Waals surface area contributed by atoms with Crippen molar-refractivity contribution >= 4 is 30.3 Å². The summed E-state index contributed by atoms with van der Waals surface area (Å²) in [7, 11) is -1.11. The van der Waals surface area contributed by atoms with E-state index in [2.05, 4.69) is 5.32 Å². The minimum Gasteiger partial charge on any atom is -0.534 e. The number of rotatable bonds is 2. The molecule has 2 rings (SSSR count). The average molecular weight is 265 g/mol. The fourth-order valence-corrected chi connectivity index (χ4v) is 2.13. The lowest BCUT2D eigenvalue weighted by Gasteiger charge is -2.29. The summed E-state index contributed by atoms with van der Waals surface area (Å²) in [4.78, 5) is 11.6. The van der Waals surface area contributed by atoms with Crippen molar-refractivity contribution in [1.82, 2.24) is 5.32 Å². The Hall–Kier alpha value is -1.60. The molecule has 18 heavy (non-hydrogen) atoms. The summed E-state index contributed by atoms with van der Waals surface area (Å²) >= 11 is 4.92. The zero-order valence-corrected chi connectivity index (χ0v) is 10.5. The minimum absolute atomic E-state index is 0.0593. The molecule has 0 spiro atoms. The van der Waals surface area contributed by atoms with Gasteiger partial charge in [0.15, 0.2) is 0 Å². The highest BCUT2D eigenvalue weighted by Gasteiger charge is 2.36. The molecule has 94 valence electrons. The van der Waals surface area contributed by atoms with Crippen LogP contribution in [0.4, 0.5) is 0 Å². The van der Waals surface area contributed by atoms with Gasteiger partial charge in [0, 0.05) is 0 Å². The van der Waals surface area contributed by atoms with Gasteiger partial charge in [0.05, 0.1) is 16.5 Å².